The number of hydrogen-bond donors (Lipinski definition) is 0. The molecule has 0 saturated carbocycles. The van der Waals surface area contributed by atoms with Crippen molar-refractivity contribution in [3.05, 3.63) is 66.9 Å². The molecule has 5 heteroatoms. The van der Waals surface area contributed by atoms with Gasteiger partial charge in [0, 0.05) is 11.8 Å². The highest BCUT2D eigenvalue weighted by Gasteiger charge is 2.09. The minimum absolute atomic E-state index is 0.556. The molecule has 0 aliphatic carbocycles. The maximum atomic E-state index is 13.3. The smallest absolute Gasteiger partial charge is 0.159 e. The van der Waals surface area contributed by atoms with E-state index < -0.39 is 11.6 Å². The third kappa shape index (κ3) is 2.10. The summed E-state index contributed by atoms with van der Waals surface area (Å²) in [6.45, 7) is 0. The van der Waals surface area contributed by atoms with E-state index in [9.17, 15) is 8.78 Å². The first-order chi connectivity index (χ1) is 9.25. The van der Waals surface area contributed by atoms with E-state index in [0.29, 0.717) is 11.3 Å². The third-order valence-corrected chi connectivity index (χ3v) is 2.78. The highest BCUT2D eigenvalue weighted by Crippen LogP contribution is 2.23. The summed E-state index contributed by atoms with van der Waals surface area (Å²) in [5, 5.41) is 0. The molecular weight excluding hydrogens is 248 g/mol. The van der Waals surface area contributed by atoms with Crippen LogP contribution < -0.4 is 0 Å². The fourth-order valence-electron chi connectivity index (χ4n) is 1.87. The van der Waals surface area contributed by atoms with E-state index >= 15 is 0 Å². The minimum atomic E-state index is -0.878. The van der Waals surface area contributed by atoms with Crippen molar-refractivity contribution in [1.29, 1.82) is 0 Å². The van der Waals surface area contributed by atoms with Crippen molar-refractivity contribution in [2.75, 3.05) is 0 Å². The van der Waals surface area contributed by atoms with Crippen LogP contribution in [0, 0.1) is 11.6 Å². The quantitative estimate of drug-likeness (QED) is 0.705. The second kappa shape index (κ2) is 4.61. The Hall–Kier alpha value is -2.56. The molecule has 2 heterocycles. The highest BCUT2D eigenvalue weighted by atomic mass is 19.2. The van der Waals surface area contributed by atoms with Crippen molar-refractivity contribution in [3.8, 4) is 16.9 Å². The molecule has 0 bridgehead atoms. The second-order valence-electron chi connectivity index (χ2n) is 3.99. The molecule has 0 amide bonds. The Bertz CT molecular complexity index is 708. The van der Waals surface area contributed by atoms with Gasteiger partial charge in [0.1, 0.15) is 0 Å². The fraction of sp³-hybridized carbons (Fsp3) is 0. The Morgan fingerprint density at radius 1 is 0.947 bits per heavy atom. The van der Waals surface area contributed by atoms with Gasteiger partial charge in [-0.25, -0.2) is 13.8 Å². The van der Waals surface area contributed by atoms with Crippen molar-refractivity contribution >= 4 is 0 Å². The third-order valence-electron chi connectivity index (χ3n) is 2.78. The van der Waals surface area contributed by atoms with Crippen LogP contribution in [-0.4, -0.2) is 14.5 Å². The minimum Gasteiger partial charge on any atom is -0.297 e. The molecule has 3 rings (SSSR count). The van der Waals surface area contributed by atoms with Crippen LogP contribution in [0.4, 0.5) is 8.78 Å². The van der Waals surface area contributed by atoms with E-state index in [1.807, 2.05) is 6.07 Å². The largest absolute Gasteiger partial charge is 0.297 e. The van der Waals surface area contributed by atoms with Gasteiger partial charge in [-0.1, -0.05) is 0 Å². The molecule has 0 unspecified atom stereocenters. The molecular formula is C14H9F2N3. The average Bonchev–Trinajstić information content (AvgIpc) is 2.92. The number of benzene rings is 1. The van der Waals surface area contributed by atoms with E-state index in [4.69, 9.17) is 0 Å². The number of aromatic nitrogens is 3. The predicted molar refractivity (Wildman–Crippen MR) is 66.7 cm³/mol. The van der Waals surface area contributed by atoms with Crippen LogP contribution in [-0.2, 0) is 0 Å². The lowest BCUT2D eigenvalue weighted by Crippen LogP contribution is -1.96. The standard InChI is InChI=1S/C14H9F2N3/c15-12-4-3-10(6-13(12)16)14-8-18-9-19(14)11-2-1-5-17-7-11/h1-9H. The van der Waals surface area contributed by atoms with Gasteiger partial charge in [0.05, 0.1) is 30.1 Å². The first-order valence-electron chi connectivity index (χ1n) is 5.64. The van der Waals surface area contributed by atoms with Crippen molar-refractivity contribution in [1.82, 2.24) is 14.5 Å². The van der Waals surface area contributed by atoms with E-state index in [-0.39, 0.29) is 0 Å². The van der Waals surface area contributed by atoms with Gasteiger partial charge in [-0.3, -0.25) is 9.55 Å². The monoisotopic (exact) mass is 257 g/mol. The molecule has 0 aliphatic rings. The van der Waals surface area contributed by atoms with Crippen molar-refractivity contribution in [2.24, 2.45) is 0 Å². The summed E-state index contributed by atoms with van der Waals surface area (Å²) in [5.74, 6) is -1.74. The zero-order valence-corrected chi connectivity index (χ0v) is 9.79. The molecule has 0 saturated heterocycles. The predicted octanol–water partition coefficient (Wildman–Crippen LogP) is 3.21. The lowest BCUT2D eigenvalue weighted by atomic mass is 10.1. The van der Waals surface area contributed by atoms with E-state index in [2.05, 4.69) is 9.97 Å². The molecule has 3 nitrogen and oxygen atoms in total. The summed E-state index contributed by atoms with van der Waals surface area (Å²) in [7, 11) is 0. The molecule has 0 spiro atoms. The number of rotatable bonds is 2. The Morgan fingerprint density at radius 2 is 1.84 bits per heavy atom. The molecule has 0 radical (unpaired) electrons. The molecule has 0 atom stereocenters. The van der Waals surface area contributed by atoms with Gasteiger partial charge in [0.2, 0.25) is 0 Å². The normalized spacial score (nSPS) is 10.6. The summed E-state index contributed by atoms with van der Waals surface area (Å²) in [6, 6.07) is 7.43. The number of nitrogens with zero attached hydrogens (tertiary/aromatic N) is 3. The topological polar surface area (TPSA) is 30.7 Å². The molecule has 2 aromatic heterocycles. The van der Waals surface area contributed by atoms with Gasteiger partial charge in [-0.05, 0) is 30.3 Å². The van der Waals surface area contributed by atoms with Crippen LogP contribution >= 0.6 is 0 Å². The molecule has 94 valence electrons. The number of halogens is 2. The summed E-state index contributed by atoms with van der Waals surface area (Å²) in [5.41, 5.74) is 2.03. The van der Waals surface area contributed by atoms with Crippen LogP contribution in [0.25, 0.3) is 16.9 Å². The Morgan fingerprint density at radius 3 is 2.58 bits per heavy atom. The molecule has 0 aliphatic heterocycles. The van der Waals surface area contributed by atoms with Crippen LogP contribution in [0.15, 0.2) is 55.2 Å². The summed E-state index contributed by atoms with van der Waals surface area (Å²) >= 11 is 0. The van der Waals surface area contributed by atoms with E-state index in [1.54, 1.807) is 35.6 Å². The molecule has 0 N–H and O–H groups in total. The van der Waals surface area contributed by atoms with Gasteiger partial charge in [0.25, 0.3) is 0 Å². The van der Waals surface area contributed by atoms with Gasteiger partial charge < -0.3 is 0 Å². The Balaban J connectivity index is 2.12. The highest BCUT2D eigenvalue weighted by molar-refractivity contribution is 5.61. The first-order valence-corrected chi connectivity index (χ1v) is 5.64. The van der Waals surface area contributed by atoms with E-state index in [1.165, 1.54) is 6.07 Å². The Kier molecular flexibility index (Phi) is 2.79. The number of hydrogen-bond acceptors (Lipinski definition) is 2. The summed E-state index contributed by atoms with van der Waals surface area (Å²) < 4.78 is 28.0. The maximum absolute atomic E-state index is 13.3. The van der Waals surface area contributed by atoms with Crippen molar-refractivity contribution < 1.29 is 8.78 Å². The zero-order chi connectivity index (χ0) is 13.2. The van der Waals surface area contributed by atoms with Crippen LogP contribution in [0.2, 0.25) is 0 Å². The lowest BCUT2D eigenvalue weighted by Gasteiger charge is -2.07. The van der Waals surface area contributed by atoms with Gasteiger partial charge >= 0.3 is 0 Å². The van der Waals surface area contributed by atoms with E-state index in [0.717, 1.165) is 17.8 Å². The average molecular weight is 257 g/mol. The fourth-order valence-corrected chi connectivity index (χ4v) is 1.87. The van der Waals surface area contributed by atoms with Crippen molar-refractivity contribution in [2.45, 2.75) is 0 Å². The van der Waals surface area contributed by atoms with Crippen LogP contribution in [0.3, 0.4) is 0 Å². The van der Waals surface area contributed by atoms with Crippen LogP contribution in [0.1, 0.15) is 0 Å². The lowest BCUT2D eigenvalue weighted by molar-refractivity contribution is 0.509. The Labute approximate surface area is 108 Å². The summed E-state index contributed by atoms with van der Waals surface area (Å²) in [6.07, 6.45) is 6.54. The number of pyridine rings is 1. The van der Waals surface area contributed by atoms with Gasteiger partial charge in [0.15, 0.2) is 11.6 Å². The van der Waals surface area contributed by atoms with Crippen LogP contribution in [0.5, 0.6) is 0 Å². The van der Waals surface area contributed by atoms with Gasteiger partial charge in [-0.2, -0.15) is 0 Å². The zero-order valence-electron chi connectivity index (χ0n) is 9.79. The van der Waals surface area contributed by atoms with Gasteiger partial charge in [-0.15, -0.1) is 0 Å². The molecule has 0 fully saturated rings. The maximum Gasteiger partial charge on any atom is 0.159 e. The number of imidazole rings is 1. The second-order valence-corrected chi connectivity index (χ2v) is 3.99. The summed E-state index contributed by atoms with van der Waals surface area (Å²) in [4.78, 5) is 8.07. The first kappa shape index (κ1) is 11.5. The molecule has 3 aromatic rings. The molecule has 19 heavy (non-hydrogen) atoms. The van der Waals surface area contributed by atoms with Crippen molar-refractivity contribution in [3.63, 3.8) is 0 Å². The SMILES string of the molecule is Fc1ccc(-c2cncn2-c2cccnc2)cc1F. The molecule has 1 aromatic carbocycles.